The average molecular weight is 441 g/mol. The number of likely N-dealkylation sites (N-methyl/N-ethyl adjacent to an activating group) is 1. The monoisotopic (exact) mass is 440 g/mol. The maximum absolute atomic E-state index is 5.89. The molecule has 30 heavy (non-hydrogen) atoms. The van der Waals surface area contributed by atoms with Gasteiger partial charge in [0, 0.05) is 25.0 Å². The van der Waals surface area contributed by atoms with Gasteiger partial charge < -0.3 is 10.1 Å². The van der Waals surface area contributed by atoms with Crippen LogP contribution in [0.25, 0.3) is 0 Å². The van der Waals surface area contributed by atoms with Crippen LogP contribution in [0.3, 0.4) is 0 Å². The highest BCUT2D eigenvalue weighted by Crippen LogP contribution is 2.15. The molecule has 1 heterocycles. The fourth-order valence-corrected chi connectivity index (χ4v) is 3.41. The van der Waals surface area contributed by atoms with Gasteiger partial charge >= 0.3 is 0 Å². The summed E-state index contributed by atoms with van der Waals surface area (Å²) in [5.74, 6) is 7.20. The van der Waals surface area contributed by atoms with Crippen LogP contribution in [0.5, 0.6) is 5.75 Å². The third kappa shape index (κ3) is 10.1. The molecule has 2 rings (SSSR count). The smallest absolute Gasteiger partial charge is 0.138 e. The quantitative estimate of drug-likeness (QED) is 0.380. The molecule has 0 atom stereocenters. The zero-order valence-electron chi connectivity index (χ0n) is 18.4. The molecular weight excluding hydrogens is 408 g/mol. The van der Waals surface area contributed by atoms with Gasteiger partial charge in [-0.15, -0.1) is 0 Å². The SMILES string of the molecule is CCN(C/C=C/C#CC(C)(C)C)Cc1cccc(OCC(=S)NCc2ccsc2)c1. The van der Waals surface area contributed by atoms with Crippen LogP contribution in [-0.2, 0) is 13.1 Å². The summed E-state index contributed by atoms with van der Waals surface area (Å²) < 4.78 is 5.89. The van der Waals surface area contributed by atoms with Crippen LogP contribution in [0.2, 0.25) is 0 Å². The van der Waals surface area contributed by atoms with Crippen molar-refractivity contribution in [3.8, 4) is 17.6 Å². The normalized spacial score (nSPS) is 11.4. The Labute approximate surface area is 191 Å². The Morgan fingerprint density at radius 2 is 2.10 bits per heavy atom. The Morgan fingerprint density at radius 3 is 2.80 bits per heavy atom. The molecule has 3 nitrogen and oxygen atoms in total. The van der Waals surface area contributed by atoms with Crippen LogP contribution in [0.1, 0.15) is 38.8 Å². The summed E-state index contributed by atoms with van der Waals surface area (Å²) >= 11 is 7.07. The zero-order valence-corrected chi connectivity index (χ0v) is 20.0. The first-order valence-corrected chi connectivity index (χ1v) is 11.6. The molecule has 0 bridgehead atoms. The lowest BCUT2D eigenvalue weighted by atomic mass is 9.98. The maximum Gasteiger partial charge on any atom is 0.138 e. The average Bonchev–Trinajstić information content (AvgIpc) is 3.22. The zero-order chi connectivity index (χ0) is 21.8. The lowest BCUT2D eigenvalue weighted by Gasteiger charge is -2.19. The minimum absolute atomic E-state index is 0.0387. The molecule has 0 aliphatic rings. The molecule has 0 spiro atoms. The largest absolute Gasteiger partial charge is 0.486 e. The standard InChI is InChI=1S/C25H32N2OS2/c1-5-27(14-8-6-7-13-25(2,3)4)18-21-10-9-11-23(16-21)28-19-24(29)26-17-22-12-15-30-20-22/h6,8-12,15-16,20H,5,14,17-19H2,1-4H3,(H,26,29)/b8-6+. The second kappa shape index (κ2) is 12.5. The molecule has 5 heteroatoms. The number of ether oxygens (including phenoxy) is 1. The lowest BCUT2D eigenvalue weighted by Crippen LogP contribution is -2.26. The summed E-state index contributed by atoms with van der Waals surface area (Å²) in [6.45, 7) is 12.4. The van der Waals surface area contributed by atoms with Crippen molar-refractivity contribution in [1.29, 1.82) is 0 Å². The van der Waals surface area contributed by atoms with Crippen molar-refractivity contribution in [1.82, 2.24) is 10.2 Å². The van der Waals surface area contributed by atoms with Gasteiger partial charge in [0.1, 0.15) is 17.3 Å². The second-order valence-electron chi connectivity index (χ2n) is 8.09. The van der Waals surface area contributed by atoms with Crippen molar-refractivity contribution < 1.29 is 4.74 Å². The fraction of sp³-hybridized carbons (Fsp3) is 0.400. The van der Waals surface area contributed by atoms with E-state index < -0.39 is 0 Å². The molecule has 0 saturated carbocycles. The number of nitrogens with one attached hydrogen (secondary N) is 1. The highest BCUT2D eigenvalue weighted by atomic mass is 32.1. The van der Waals surface area contributed by atoms with Gasteiger partial charge in [-0.1, -0.05) is 49.2 Å². The predicted molar refractivity (Wildman–Crippen MR) is 133 cm³/mol. The van der Waals surface area contributed by atoms with E-state index in [1.807, 2.05) is 18.2 Å². The predicted octanol–water partition coefficient (Wildman–Crippen LogP) is 5.67. The summed E-state index contributed by atoms with van der Waals surface area (Å²) in [7, 11) is 0. The Morgan fingerprint density at radius 1 is 1.27 bits per heavy atom. The number of rotatable bonds is 10. The maximum atomic E-state index is 5.89. The first kappa shape index (κ1) is 24.1. The summed E-state index contributed by atoms with van der Waals surface area (Å²) in [4.78, 5) is 3.07. The number of allylic oxidation sites excluding steroid dienone is 1. The van der Waals surface area contributed by atoms with Gasteiger partial charge in [-0.05, 0) is 73.5 Å². The molecule has 2 aromatic rings. The number of nitrogens with zero attached hydrogens (tertiary/aromatic N) is 1. The van der Waals surface area contributed by atoms with E-state index in [0.717, 1.165) is 31.9 Å². The highest BCUT2D eigenvalue weighted by molar-refractivity contribution is 7.80. The van der Waals surface area contributed by atoms with Crippen LogP contribution in [0, 0.1) is 17.3 Å². The Hall–Kier alpha value is -2.13. The molecule has 1 aromatic carbocycles. The first-order valence-electron chi connectivity index (χ1n) is 10.3. The summed E-state index contributed by atoms with van der Waals surface area (Å²) in [5.41, 5.74) is 2.50. The van der Waals surface area contributed by atoms with Gasteiger partial charge in [-0.2, -0.15) is 11.3 Å². The summed E-state index contributed by atoms with van der Waals surface area (Å²) in [5, 5.41) is 7.42. The van der Waals surface area contributed by atoms with Gasteiger partial charge in [0.2, 0.25) is 0 Å². The molecule has 160 valence electrons. The molecule has 0 aliphatic heterocycles. The molecule has 0 saturated heterocycles. The fourth-order valence-electron chi connectivity index (χ4n) is 2.61. The molecule has 1 N–H and O–H groups in total. The molecule has 0 radical (unpaired) electrons. The Kier molecular flexibility index (Phi) is 10.1. The Balaban J connectivity index is 1.80. The molecular formula is C25H32N2OS2. The van der Waals surface area contributed by atoms with Crippen LogP contribution in [0.15, 0.2) is 53.2 Å². The molecule has 0 amide bonds. The van der Waals surface area contributed by atoms with Crippen molar-refractivity contribution in [2.24, 2.45) is 5.41 Å². The number of thiocarbonyl (C=S) groups is 1. The first-order chi connectivity index (χ1) is 14.4. The van der Waals surface area contributed by atoms with Gasteiger partial charge in [0.05, 0.1) is 0 Å². The third-order valence-electron chi connectivity index (χ3n) is 4.20. The summed E-state index contributed by atoms with van der Waals surface area (Å²) in [6.07, 6.45) is 4.08. The van der Waals surface area contributed by atoms with Crippen LogP contribution >= 0.6 is 23.6 Å². The van der Waals surface area contributed by atoms with E-state index in [1.54, 1.807) is 11.3 Å². The minimum atomic E-state index is 0.0387. The third-order valence-corrected chi connectivity index (χ3v) is 5.20. The lowest BCUT2D eigenvalue weighted by molar-refractivity contribution is 0.310. The Bertz CT molecular complexity index is 871. The van der Waals surface area contributed by atoms with E-state index in [0.29, 0.717) is 11.6 Å². The molecule has 0 aliphatic carbocycles. The van der Waals surface area contributed by atoms with Crippen LogP contribution in [-0.4, -0.2) is 29.6 Å². The molecule has 1 aromatic heterocycles. The van der Waals surface area contributed by atoms with Crippen molar-refractivity contribution in [2.45, 2.75) is 40.8 Å². The van der Waals surface area contributed by atoms with Crippen molar-refractivity contribution >= 4 is 28.5 Å². The van der Waals surface area contributed by atoms with E-state index in [1.165, 1.54) is 11.1 Å². The van der Waals surface area contributed by atoms with Gasteiger partial charge in [-0.25, -0.2) is 0 Å². The highest BCUT2D eigenvalue weighted by Gasteiger charge is 2.05. The number of hydrogen-bond donors (Lipinski definition) is 1. The van der Waals surface area contributed by atoms with Gasteiger partial charge in [0.25, 0.3) is 0 Å². The van der Waals surface area contributed by atoms with E-state index in [-0.39, 0.29) is 5.41 Å². The van der Waals surface area contributed by atoms with E-state index >= 15 is 0 Å². The van der Waals surface area contributed by atoms with E-state index in [9.17, 15) is 0 Å². The van der Waals surface area contributed by atoms with Crippen LogP contribution < -0.4 is 10.1 Å². The topological polar surface area (TPSA) is 24.5 Å². The van der Waals surface area contributed by atoms with Gasteiger partial charge in [-0.3, -0.25) is 4.90 Å². The van der Waals surface area contributed by atoms with E-state index in [4.69, 9.17) is 17.0 Å². The number of hydrogen-bond acceptors (Lipinski definition) is 4. The van der Waals surface area contributed by atoms with Gasteiger partial charge in [0.15, 0.2) is 0 Å². The van der Waals surface area contributed by atoms with Crippen molar-refractivity contribution in [3.63, 3.8) is 0 Å². The minimum Gasteiger partial charge on any atom is -0.486 e. The summed E-state index contributed by atoms with van der Waals surface area (Å²) in [6, 6.07) is 10.3. The number of benzene rings is 1. The van der Waals surface area contributed by atoms with Crippen molar-refractivity contribution in [3.05, 3.63) is 64.4 Å². The molecule has 0 fully saturated rings. The van der Waals surface area contributed by atoms with E-state index in [2.05, 4.69) is 84.8 Å². The second-order valence-corrected chi connectivity index (χ2v) is 9.37. The molecule has 0 unspecified atom stereocenters. The van der Waals surface area contributed by atoms with Crippen molar-refractivity contribution in [2.75, 3.05) is 19.7 Å². The number of thiophene rings is 1. The van der Waals surface area contributed by atoms with Crippen LogP contribution in [0.4, 0.5) is 0 Å².